The Morgan fingerprint density at radius 1 is 1.17 bits per heavy atom. The second kappa shape index (κ2) is 7.93. The molecule has 0 spiro atoms. The van der Waals surface area contributed by atoms with Crippen LogP contribution in [0.1, 0.15) is 55.1 Å². The number of aromatic nitrogens is 2. The topological polar surface area (TPSA) is 75.2 Å². The first kappa shape index (κ1) is 19.6. The number of aryl methyl sites for hydroxylation is 1. The Kier molecular flexibility index (Phi) is 5.35. The number of nitrogens with one attached hydrogen (secondary N) is 1. The molecule has 0 aliphatic heterocycles. The van der Waals surface area contributed by atoms with Crippen LogP contribution in [0.15, 0.2) is 30.6 Å². The van der Waals surface area contributed by atoms with Gasteiger partial charge in [-0.1, -0.05) is 13.3 Å². The fourth-order valence-corrected chi connectivity index (χ4v) is 3.87. The van der Waals surface area contributed by atoms with Crippen molar-refractivity contribution in [2.45, 2.75) is 52.0 Å². The quantitative estimate of drug-likeness (QED) is 0.804. The Morgan fingerprint density at radius 3 is 2.62 bits per heavy atom. The number of carbonyl (C=O) groups excluding carboxylic acids is 2. The van der Waals surface area contributed by atoms with Crippen LogP contribution in [-0.2, 0) is 4.79 Å². The number of nitrogens with zero attached hydrogens (tertiary/aromatic N) is 3. The normalized spacial score (nSPS) is 20.7. The van der Waals surface area contributed by atoms with Gasteiger partial charge in [0.15, 0.2) is 0 Å². The minimum Gasteiger partial charge on any atom is -0.339 e. The lowest BCUT2D eigenvalue weighted by Crippen LogP contribution is -2.45. The average Bonchev–Trinajstić information content (AvgIpc) is 3.52. The van der Waals surface area contributed by atoms with Crippen LogP contribution in [0.2, 0.25) is 0 Å². The van der Waals surface area contributed by atoms with Crippen LogP contribution in [0.4, 0.5) is 5.82 Å². The highest BCUT2D eigenvalue weighted by molar-refractivity contribution is 5.97. The SMILES string of the molecule is CCC1CC(N(C)C(=O)c2cc(-c3ccnc(NC(=O)C4CC4)c3)cnc2C)C1. The summed E-state index contributed by atoms with van der Waals surface area (Å²) in [5.74, 6) is 1.44. The van der Waals surface area contributed by atoms with Gasteiger partial charge in [0.2, 0.25) is 5.91 Å². The first-order valence-electron chi connectivity index (χ1n) is 10.5. The van der Waals surface area contributed by atoms with Crippen LogP contribution in [-0.4, -0.2) is 39.8 Å². The second-order valence-corrected chi connectivity index (χ2v) is 8.37. The van der Waals surface area contributed by atoms with Crippen LogP contribution in [0, 0.1) is 18.8 Å². The summed E-state index contributed by atoms with van der Waals surface area (Å²) in [5.41, 5.74) is 3.08. The summed E-state index contributed by atoms with van der Waals surface area (Å²) in [5, 5.41) is 2.88. The number of hydrogen-bond donors (Lipinski definition) is 1. The summed E-state index contributed by atoms with van der Waals surface area (Å²) >= 11 is 0. The van der Waals surface area contributed by atoms with Crippen molar-refractivity contribution in [1.29, 1.82) is 0 Å². The molecule has 29 heavy (non-hydrogen) atoms. The molecule has 0 atom stereocenters. The molecule has 0 aromatic carbocycles. The number of amides is 2. The molecule has 0 unspecified atom stereocenters. The summed E-state index contributed by atoms with van der Waals surface area (Å²) in [6.07, 6.45) is 8.68. The van der Waals surface area contributed by atoms with Crippen LogP contribution in [0.5, 0.6) is 0 Å². The molecule has 0 radical (unpaired) electrons. The monoisotopic (exact) mass is 392 g/mol. The zero-order valence-corrected chi connectivity index (χ0v) is 17.3. The Labute approximate surface area is 171 Å². The number of anilines is 1. The Balaban J connectivity index is 1.53. The van der Waals surface area contributed by atoms with E-state index < -0.39 is 0 Å². The molecular weight excluding hydrogens is 364 g/mol. The van der Waals surface area contributed by atoms with E-state index in [0.717, 1.165) is 48.4 Å². The molecule has 2 fully saturated rings. The summed E-state index contributed by atoms with van der Waals surface area (Å²) in [7, 11) is 1.89. The van der Waals surface area contributed by atoms with E-state index in [1.165, 1.54) is 6.42 Å². The molecule has 2 aliphatic rings. The molecule has 0 bridgehead atoms. The minimum absolute atomic E-state index is 0.0210. The van der Waals surface area contributed by atoms with Crippen molar-refractivity contribution in [1.82, 2.24) is 14.9 Å². The molecule has 2 aromatic heterocycles. The van der Waals surface area contributed by atoms with E-state index in [0.29, 0.717) is 17.4 Å². The van der Waals surface area contributed by atoms with E-state index in [-0.39, 0.29) is 17.7 Å². The fraction of sp³-hybridized carbons (Fsp3) is 0.478. The maximum absolute atomic E-state index is 13.1. The minimum atomic E-state index is 0.0210. The first-order chi connectivity index (χ1) is 14.0. The van der Waals surface area contributed by atoms with E-state index in [9.17, 15) is 9.59 Å². The lowest BCUT2D eigenvalue weighted by molar-refractivity contribution is -0.117. The van der Waals surface area contributed by atoms with Gasteiger partial charge >= 0.3 is 0 Å². The molecule has 2 amide bonds. The van der Waals surface area contributed by atoms with Gasteiger partial charge in [-0.3, -0.25) is 14.6 Å². The maximum Gasteiger partial charge on any atom is 0.255 e. The number of rotatable bonds is 6. The molecule has 152 valence electrons. The van der Waals surface area contributed by atoms with E-state index >= 15 is 0 Å². The van der Waals surface area contributed by atoms with Crippen molar-refractivity contribution < 1.29 is 9.59 Å². The third-order valence-corrected chi connectivity index (χ3v) is 6.27. The standard InChI is InChI=1S/C23H28N4O2/c1-4-15-9-19(10-15)27(3)23(29)20-11-18(13-25-14(20)2)17-7-8-24-21(12-17)26-22(28)16-5-6-16/h7-8,11-13,15-16,19H,4-6,9-10H2,1-3H3,(H,24,26,28). The smallest absolute Gasteiger partial charge is 0.255 e. The lowest BCUT2D eigenvalue weighted by atomic mass is 9.78. The van der Waals surface area contributed by atoms with Gasteiger partial charge < -0.3 is 10.2 Å². The predicted octanol–water partition coefficient (Wildman–Crippen LogP) is 4.06. The molecular formula is C23H28N4O2. The summed E-state index contributed by atoms with van der Waals surface area (Å²) in [6, 6.07) is 5.93. The van der Waals surface area contributed by atoms with Crippen molar-refractivity contribution >= 4 is 17.6 Å². The third kappa shape index (κ3) is 4.16. The van der Waals surface area contributed by atoms with Crippen molar-refractivity contribution in [2.75, 3.05) is 12.4 Å². The van der Waals surface area contributed by atoms with Gasteiger partial charge in [-0.05, 0) is 62.3 Å². The van der Waals surface area contributed by atoms with Crippen molar-refractivity contribution in [2.24, 2.45) is 11.8 Å². The highest BCUT2D eigenvalue weighted by atomic mass is 16.2. The maximum atomic E-state index is 13.1. The molecule has 2 saturated carbocycles. The molecule has 2 aliphatic carbocycles. The average molecular weight is 393 g/mol. The molecule has 1 N–H and O–H groups in total. The first-order valence-corrected chi connectivity index (χ1v) is 10.5. The van der Waals surface area contributed by atoms with Gasteiger partial charge in [-0.25, -0.2) is 4.98 Å². The summed E-state index contributed by atoms with van der Waals surface area (Å²) < 4.78 is 0. The van der Waals surface area contributed by atoms with Gasteiger partial charge in [-0.15, -0.1) is 0 Å². The van der Waals surface area contributed by atoms with Gasteiger partial charge in [0.05, 0.1) is 11.3 Å². The van der Waals surface area contributed by atoms with Crippen LogP contribution >= 0.6 is 0 Å². The number of hydrogen-bond acceptors (Lipinski definition) is 4. The van der Waals surface area contributed by atoms with Gasteiger partial charge in [-0.2, -0.15) is 0 Å². The van der Waals surface area contributed by atoms with E-state index in [4.69, 9.17) is 0 Å². The van der Waals surface area contributed by atoms with Crippen molar-refractivity contribution in [3.05, 3.63) is 41.9 Å². The highest BCUT2D eigenvalue weighted by Crippen LogP contribution is 2.34. The van der Waals surface area contributed by atoms with Gasteiger partial charge in [0, 0.05) is 37.0 Å². The van der Waals surface area contributed by atoms with E-state index in [2.05, 4.69) is 22.2 Å². The second-order valence-electron chi connectivity index (χ2n) is 8.37. The van der Waals surface area contributed by atoms with E-state index in [1.807, 2.05) is 37.1 Å². The van der Waals surface area contributed by atoms with Gasteiger partial charge in [0.25, 0.3) is 5.91 Å². The Morgan fingerprint density at radius 2 is 1.93 bits per heavy atom. The Bertz CT molecular complexity index is 932. The zero-order chi connectivity index (χ0) is 20.5. The number of carbonyl (C=O) groups is 2. The van der Waals surface area contributed by atoms with Crippen LogP contribution in [0.3, 0.4) is 0 Å². The molecule has 6 nitrogen and oxygen atoms in total. The highest BCUT2D eigenvalue weighted by Gasteiger charge is 2.34. The van der Waals surface area contributed by atoms with Gasteiger partial charge in [0.1, 0.15) is 5.82 Å². The van der Waals surface area contributed by atoms with E-state index in [1.54, 1.807) is 12.4 Å². The van der Waals surface area contributed by atoms with Crippen LogP contribution in [0.25, 0.3) is 11.1 Å². The fourth-order valence-electron chi connectivity index (χ4n) is 3.87. The lowest BCUT2D eigenvalue weighted by Gasteiger charge is -2.41. The largest absolute Gasteiger partial charge is 0.339 e. The Hall–Kier alpha value is -2.76. The molecule has 2 aromatic rings. The predicted molar refractivity (Wildman–Crippen MR) is 112 cm³/mol. The van der Waals surface area contributed by atoms with Crippen molar-refractivity contribution in [3.63, 3.8) is 0 Å². The molecule has 2 heterocycles. The summed E-state index contributed by atoms with van der Waals surface area (Å²) in [4.78, 5) is 35.7. The summed E-state index contributed by atoms with van der Waals surface area (Å²) in [6.45, 7) is 4.07. The van der Waals surface area contributed by atoms with Crippen LogP contribution < -0.4 is 5.32 Å². The molecule has 6 heteroatoms. The zero-order valence-electron chi connectivity index (χ0n) is 17.3. The third-order valence-electron chi connectivity index (χ3n) is 6.27. The molecule has 4 rings (SSSR count). The van der Waals surface area contributed by atoms with Crippen molar-refractivity contribution in [3.8, 4) is 11.1 Å². The molecule has 0 saturated heterocycles. The number of pyridine rings is 2.